The first-order valence-corrected chi connectivity index (χ1v) is 9.61. The van der Waals surface area contributed by atoms with Crippen LogP contribution >= 0.6 is 23.2 Å². The molecule has 0 spiro atoms. The molecule has 8 heteroatoms. The highest BCUT2D eigenvalue weighted by molar-refractivity contribution is 6.35. The number of ether oxygens (including phenoxy) is 1. The van der Waals surface area contributed by atoms with Gasteiger partial charge < -0.3 is 9.30 Å². The lowest BCUT2D eigenvalue weighted by Gasteiger charge is -2.25. The second kappa shape index (κ2) is 7.21. The molecular formula is C21H17Cl2N3O3. The summed E-state index contributed by atoms with van der Waals surface area (Å²) < 4.78 is 6.58. The lowest BCUT2D eigenvalue weighted by molar-refractivity contribution is -0.123. The Bertz CT molecular complexity index is 1090. The number of benzene rings is 2. The van der Waals surface area contributed by atoms with E-state index in [4.69, 9.17) is 27.9 Å². The molecule has 4 rings (SSSR count). The number of rotatable bonds is 4. The molecule has 1 atom stereocenters. The Morgan fingerprint density at radius 3 is 2.41 bits per heavy atom. The number of nitrogens with zero attached hydrogens (tertiary/aromatic N) is 3. The van der Waals surface area contributed by atoms with Crippen LogP contribution in [-0.4, -0.2) is 28.5 Å². The Labute approximate surface area is 177 Å². The van der Waals surface area contributed by atoms with Crippen molar-refractivity contribution in [3.05, 3.63) is 76.0 Å². The van der Waals surface area contributed by atoms with Crippen LogP contribution in [0.15, 0.2) is 54.9 Å². The number of anilines is 2. The van der Waals surface area contributed by atoms with Crippen LogP contribution in [0.5, 0.6) is 0 Å². The normalized spacial score (nSPS) is 18.1. The summed E-state index contributed by atoms with van der Waals surface area (Å²) in [4.78, 5) is 31.0. The van der Waals surface area contributed by atoms with Crippen LogP contribution in [0.2, 0.25) is 10.0 Å². The molecule has 29 heavy (non-hydrogen) atoms. The van der Waals surface area contributed by atoms with Gasteiger partial charge in [0.05, 0.1) is 18.4 Å². The second-order valence-electron chi connectivity index (χ2n) is 7.00. The number of halogens is 2. The molecule has 0 saturated heterocycles. The third-order valence-corrected chi connectivity index (χ3v) is 5.48. The largest absolute Gasteiger partial charge is 0.465 e. The molecule has 1 amide bonds. The van der Waals surface area contributed by atoms with Gasteiger partial charge in [0.15, 0.2) is 0 Å². The Morgan fingerprint density at radius 2 is 1.79 bits per heavy atom. The molecule has 0 aliphatic carbocycles. The summed E-state index contributed by atoms with van der Waals surface area (Å²) in [5.74, 6) is -0.0430. The van der Waals surface area contributed by atoms with E-state index in [9.17, 15) is 9.59 Å². The van der Waals surface area contributed by atoms with Gasteiger partial charge in [0.25, 0.3) is 5.91 Å². The van der Waals surface area contributed by atoms with Crippen molar-refractivity contribution in [1.29, 1.82) is 0 Å². The highest BCUT2D eigenvalue weighted by atomic mass is 35.5. The summed E-state index contributed by atoms with van der Waals surface area (Å²) in [6, 6.07) is 12.0. The van der Waals surface area contributed by atoms with E-state index >= 15 is 0 Å². The van der Waals surface area contributed by atoms with Gasteiger partial charge in [-0.1, -0.05) is 35.3 Å². The molecule has 2 heterocycles. The van der Waals surface area contributed by atoms with Crippen LogP contribution in [0.25, 0.3) is 0 Å². The molecule has 3 aromatic rings. The van der Waals surface area contributed by atoms with Crippen molar-refractivity contribution in [1.82, 2.24) is 9.55 Å². The number of carbonyl (C=O) groups is 2. The molecule has 1 unspecified atom stereocenters. The summed E-state index contributed by atoms with van der Waals surface area (Å²) in [7, 11) is 1.34. The van der Waals surface area contributed by atoms with Gasteiger partial charge in [-0.05, 0) is 42.8 Å². The van der Waals surface area contributed by atoms with Gasteiger partial charge in [0.1, 0.15) is 5.54 Å². The van der Waals surface area contributed by atoms with Crippen molar-refractivity contribution in [2.75, 3.05) is 12.0 Å². The van der Waals surface area contributed by atoms with Gasteiger partial charge in [0.2, 0.25) is 5.95 Å². The minimum absolute atomic E-state index is 0.143. The summed E-state index contributed by atoms with van der Waals surface area (Å²) in [5, 5.41) is 0.871. The van der Waals surface area contributed by atoms with Gasteiger partial charge in [-0.2, -0.15) is 0 Å². The number of imidazole rings is 1. The number of methoxy groups -OCH3 is 1. The van der Waals surface area contributed by atoms with E-state index in [-0.39, 0.29) is 5.91 Å². The topological polar surface area (TPSA) is 64.4 Å². The zero-order chi connectivity index (χ0) is 20.8. The number of hydrogen-bond acceptors (Lipinski definition) is 4. The quantitative estimate of drug-likeness (QED) is 0.567. The number of aromatic nitrogens is 2. The Kier molecular flexibility index (Phi) is 4.84. The summed E-state index contributed by atoms with van der Waals surface area (Å²) >= 11 is 12.3. The van der Waals surface area contributed by atoms with Crippen LogP contribution in [0.1, 0.15) is 22.8 Å². The Morgan fingerprint density at radius 1 is 1.14 bits per heavy atom. The number of fused-ring (bicyclic) bond motifs is 1. The van der Waals surface area contributed by atoms with Crippen molar-refractivity contribution in [2.24, 2.45) is 0 Å². The van der Waals surface area contributed by atoms with Crippen LogP contribution < -0.4 is 4.90 Å². The molecule has 1 aromatic heterocycles. The van der Waals surface area contributed by atoms with Gasteiger partial charge in [-0.15, -0.1) is 0 Å². The Balaban J connectivity index is 1.71. The zero-order valence-electron chi connectivity index (χ0n) is 15.7. The van der Waals surface area contributed by atoms with Crippen molar-refractivity contribution in [3.8, 4) is 0 Å². The summed E-state index contributed by atoms with van der Waals surface area (Å²) in [6.45, 7) is 1.86. The van der Waals surface area contributed by atoms with E-state index < -0.39 is 11.5 Å². The molecule has 0 N–H and O–H groups in total. The molecule has 1 aliphatic heterocycles. The fourth-order valence-electron chi connectivity index (χ4n) is 3.62. The molecule has 1 aliphatic rings. The first kappa shape index (κ1) is 19.5. The van der Waals surface area contributed by atoms with Crippen molar-refractivity contribution in [3.63, 3.8) is 0 Å². The average molecular weight is 430 g/mol. The summed E-state index contributed by atoms with van der Waals surface area (Å²) in [6.07, 6.45) is 3.85. The average Bonchev–Trinajstić information content (AvgIpc) is 3.23. The van der Waals surface area contributed by atoms with E-state index in [0.717, 1.165) is 5.56 Å². The van der Waals surface area contributed by atoms with Gasteiger partial charge in [-0.25, -0.2) is 14.7 Å². The molecule has 0 fully saturated rings. The molecule has 0 bridgehead atoms. The molecule has 6 nitrogen and oxygen atoms in total. The number of esters is 1. The number of hydrogen-bond donors (Lipinski definition) is 0. The Hall–Kier alpha value is -2.83. The van der Waals surface area contributed by atoms with Crippen molar-refractivity contribution < 1.29 is 14.3 Å². The maximum absolute atomic E-state index is 13.5. The zero-order valence-corrected chi connectivity index (χ0v) is 17.2. The first-order chi connectivity index (χ1) is 13.8. The standard InChI is InChI=1S/C21H17Cl2N3O3/c1-21(12-13-3-5-14(6-4-13)18(27)29-2)19(28)26(20-24-7-8-25(20)21)17-10-15(22)9-16(23)11-17/h3-11H,12H2,1-2H3. The number of amides is 1. The molecule has 2 aromatic carbocycles. The monoisotopic (exact) mass is 429 g/mol. The molecular weight excluding hydrogens is 413 g/mol. The van der Waals surface area contributed by atoms with E-state index in [1.807, 2.05) is 23.6 Å². The smallest absolute Gasteiger partial charge is 0.337 e. The minimum atomic E-state index is -0.895. The third kappa shape index (κ3) is 3.28. The number of carbonyl (C=O) groups excluding carboxylic acids is 2. The van der Waals surface area contributed by atoms with Crippen LogP contribution in [0.3, 0.4) is 0 Å². The maximum Gasteiger partial charge on any atom is 0.337 e. The van der Waals surface area contributed by atoms with Crippen molar-refractivity contribution >= 4 is 46.7 Å². The molecule has 148 valence electrons. The van der Waals surface area contributed by atoms with E-state index in [1.165, 1.54) is 12.0 Å². The fourth-order valence-corrected chi connectivity index (χ4v) is 4.13. The predicted molar refractivity (Wildman–Crippen MR) is 111 cm³/mol. The van der Waals surface area contributed by atoms with Gasteiger partial charge in [0, 0.05) is 28.9 Å². The SMILES string of the molecule is COC(=O)c1ccc(CC2(C)C(=O)N(c3cc(Cl)cc(Cl)c3)c3nccn32)cc1. The van der Waals surface area contributed by atoms with E-state index in [0.29, 0.717) is 33.7 Å². The predicted octanol–water partition coefficient (Wildman–Crippen LogP) is 4.61. The second-order valence-corrected chi connectivity index (χ2v) is 7.88. The molecule has 0 saturated carbocycles. The van der Waals surface area contributed by atoms with Crippen molar-refractivity contribution in [2.45, 2.75) is 18.9 Å². The van der Waals surface area contributed by atoms with Crippen LogP contribution in [0.4, 0.5) is 11.6 Å². The third-order valence-electron chi connectivity index (χ3n) is 5.05. The lowest BCUT2D eigenvalue weighted by Crippen LogP contribution is -2.40. The van der Waals surface area contributed by atoms with Crippen LogP contribution in [0, 0.1) is 0 Å². The van der Waals surface area contributed by atoms with Gasteiger partial charge >= 0.3 is 5.97 Å². The minimum Gasteiger partial charge on any atom is -0.465 e. The molecule has 0 radical (unpaired) electrons. The summed E-state index contributed by atoms with van der Waals surface area (Å²) in [5.41, 5.74) is 1.02. The van der Waals surface area contributed by atoms with E-state index in [1.54, 1.807) is 42.7 Å². The highest BCUT2D eigenvalue weighted by Crippen LogP contribution is 2.42. The fraction of sp³-hybridized carbons (Fsp3) is 0.190. The highest BCUT2D eigenvalue weighted by Gasteiger charge is 2.48. The first-order valence-electron chi connectivity index (χ1n) is 8.85. The van der Waals surface area contributed by atoms with E-state index in [2.05, 4.69) is 4.98 Å². The lowest BCUT2D eigenvalue weighted by atomic mass is 9.91. The maximum atomic E-state index is 13.5. The van der Waals surface area contributed by atoms with Crippen LogP contribution in [-0.2, 0) is 21.5 Å². The van der Waals surface area contributed by atoms with Gasteiger partial charge in [-0.3, -0.25) is 4.79 Å².